The van der Waals surface area contributed by atoms with Gasteiger partial charge in [0.05, 0.1) is 6.54 Å². The van der Waals surface area contributed by atoms with Gasteiger partial charge in [-0.2, -0.15) is 0 Å². The number of likely N-dealkylation sites (N-methyl/N-ethyl adjacent to an activating group) is 1. The molecule has 0 aliphatic carbocycles. The van der Waals surface area contributed by atoms with Gasteiger partial charge in [0, 0.05) is 19.0 Å². The highest BCUT2D eigenvalue weighted by Crippen LogP contribution is 2.12. The molecule has 2 heterocycles. The van der Waals surface area contributed by atoms with Crippen LogP contribution in [0.2, 0.25) is 0 Å². The normalized spacial score (nSPS) is 21.0. The fourth-order valence-corrected chi connectivity index (χ4v) is 2.48. The Bertz CT molecular complexity index is 329. The van der Waals surface area contributed by atoms with Crippen LogP contribution in [0.5, 0.6) is 0 Å². The molecular weight excluding hydrogens is 212 g/mol. The number of hydrogen-bond acceptors (Lipinski definition) is 3. The number of rotatable bonds is 5. The van der Waals surface area contributed by atoms with Gasteiger partial charge in [-0.25, -0.2) is 0 Å². The first-order chi connectivity index (χ1) is 8.28. The van der Waals surface area contributed by atoms with Crippen LogP contribution in [0.25, 0.3) is 0 Å². The molecule has 17 heavy (non-hydrogen) atoms. The van der Waals surface area contributed by atoms with Gasteiger partial charge in [-0.1, -0.05) is 13.3 Å². The lowest BCUT2D eigenvalue weighted by molar-refractivity contribution is 0.239. The first kappa shape index (κ1) is 12.7. The smallest absolute Gasteiger partial charge is 0.118 e. The second-order valence-corrected chi connectivity index (χ2v) is 5.07. The molecule has 1 atom stereocenters. The molecule has 96 valence electrons. The van der Waals surface area contributed by atoms with Crippen LogP contribution in [0.1, 0.15) is 37.7 Å². The van der Waals surface area contributed by atoms with Crippen molar-refractivity contribution < 1.29 is 4.42 Å². The molecule has 2 rings (SSSR count). The molecule has 1 aliphatic rings. The van der Waals surface area contributed by atoms with Gasteiger partial charge in [-0.3, -0.25) is 4.90 Å². The predicted octanol–water partition coefficient (Wildman–Crippen LogP) is 2.42. The third-order valence-corrected chi connectivity index (χ3v) is 3.44. The van der Waals surface area contributed by atoms with Crippen LogP contribution >= 0.6 is 0 Å². The van der Waals surface area contributed by atoms with Crippen molar-refractivity contribution >= 4 is 0 Å². The van der Waals surface area contributed by atoms with Crippen LogP contribution in [-0.4, -0.2) is 31.1 Å². The van der Waals surface area contributed by atoms with Gasteiger partial charge in [0.1, 0.15) is 11.5 Å². The molecule has 3 nitrogen and oxygen atoms in total. The molecule has 1 N–H and O–H groups in total. The van der Waals surface area contributed by atoms with Crippen LogP contribution in [0, 0.1) is 0 Å². The average molecular weight is 236 g/mol. The van der Waals surface area contributed by atoms with E-state index in [4.69, 9.17) is 4.42 Å². The van der Waals surface area contributed by atoms with E-state index in [9.17, 15) is 0 Å². The maximum atomic E-state index is 5.73. The third kappa shape index (κ3) is 3.86. The molecule has 1 aliphatic heterocycles. The van der Waals surface area contributed by atoms with Gasteiger partial charge < -0.3 is 9.73 Å². The Morgan fingerprint density at radius 3 is 2.82 bits per heavy atom. The number of aryl methyl sites for hydroxylation is 1. The third-order valence-electron chi connectivity index (χ3n) is 3.44. The Hall–Kier alpha value is -0.800. The maximum Gasteiger partial charge on any atom is 0.118 e. The lowest BCUT2D eigenvalue weighted by atomic mass is 10.0. The SMILES string of the molecule is CCc1ccc(CN(C)CC2CCCCN2)o1. The zero-order valence-corrected chi connectivity index (χ0v) is 11.0. The summed E-state index contributed by atoms with van der Waals surface area (Å²) in [5.41, 5.74) is 0. The molecule has 3 heteroatoms. The Balaban J connectivity index is 1.77. The minimum absolute atomic E-state index is 0.661. The minimum Gasteiger partial charge on any atom is -0.465 e. The van der Waals surface area contributed by atoms with E-state index >= 15 is 0 Å². The summed E-state index contributed by atoms with van der Waals surface area (Å²) in [7, 11) is 2.17. The highest BCUT2D eigenvalue weighted by atomic mass is 16.3. The van der Waals surface area contributed by atoms with E-state index in [1.165, 1.54) is 25.8 Å². The lowest BCUT2D eigenvalue weighted by Crippen LogP contribution is -2.42. The van der Waals surface area contributed by atoms with Crippen molar-refractivity contribution in [1.82, 2.24) is 10.2 Å². The lowest BCUT2D eigenvalue weighted by Gasteiger charge is -2.27. The summed E-state index contributed by atoms with van der Waals surface area (Å²) < 4.78 is 5.73. The molecule has 0 radical (unpaired) electrons. The fraction of sp³-hybridized carbons (Fsp3) is 0.714. The van der Waals surface area contributed by atoms with E-state index < -0.39 is 0 Å². The summed E-state index contributed by atoms with van der Waals surface area (Å²) in [6, 6.07) is 4.85. The van der Waals surface area contributed by atoms with Gasteiger partial charge in [-0.05, 0) is 38.6 Å². The van der Waals surface area contributed by atoms with Crippen LogP contribution in [0.3, 0.4) is 0 Å². The van der Waals surface area contributed by atoms with Crippen molar-refractivity contribution in [3.8, 4) is 0 Å². The Labute approximate surface area is 104 Å². The maximum absolute atomic E-state index is 5.73. The molecule has 0 aromatic carbocycles. The monoisotopic (exact) mass is 236 g/mol. The Morgan fingerprint density at radius 2 is 2.18 bits per heavy atom. The molecule has 0 spiro atoms. The van der Waals surface area contributed by atoms with Crippen molar-refractivity contribution in [2.45, 2.75) is 45.2 Å². The summed E-state index contributed by atoms with van der Waals surface area (Å²) >= 11 is 0. The number of nitrogens with zero attached hydrogens (tertiary/aromatic N) is 1. The quantitative estimate of drug-likeness (QED) is 0.851. The van der Waals surface area contributed by atoms with Crippen molar-refractivity contribution in [3.63, 3.8) is 0 Å². The highest BCUT2D eigenvalue weighted by molar-refractivity contribution is 5.06. The molecule has 1 aromatic rings. The number of furan rings is 1. The van der Waals surface area contributed by atoms with E-state index in [2.05, 4.69) is 36.3 Å². The minimum atomic E-state index is 0.661. The standard InChI is InChI=1S/C14H24N2O/c1-3-13-7-8-14(17-13)11-16(2)10-12-6-4-5-9-15-12/h7-8,12,15H,3-6,9-11H2,1-2H3. The topological polar surface area (TPSA) is 28.4 Å². The average Bonchev–Trinajstić information content (AvgIpc) is 2.78. The number of piperidine rings is 1. The molecule has 0 bridgehead atoms. The second-order valence-electron chi connectivity index (χ2n) is 5.07. The zero-order valence-electron chi connectivity index (χ0n) is 11.0. The largest absolute Gasteiger partial charge is 0.465 e. The van der Waals surface area contributed by atoms with Gasteiger partial charge in [0.15, 0.2) is 0 Å². The fourth-order valence-electron chi connectivity index (χ4n) is 2.48. The summed E-state index contributed by atoms with van der Waals surface area (Å²) in [5.74, 6) is 2.17. The summed E-state index contributed by atoms with van der Waals surface area (Å²) in [6.07, 6.45) is 4.99. The zero-order chi connectivity index (χ0) is 12.1. The van der Waals surface area contributed by atoms with E-state index in [0.29, 0.717) is 6.04 Å². The number of hydrogen-bond donors (Lipinski definition) is 1. The molecule has 1 saturated heterocycles. The van der Waals surface area contributed by atoms with E-state index in [-0.39, 0.29) is 0 Å². The Kier molecular flexibility index (Phi) is 4.63. The second kappa shape index (κ2) is 6.22. The molecule has 1 unspecified atom stereocenters. The molecule has 0 amide bonds. The van der Waals surface area contributed by atoms with Crippen LogP contribution in [0.4, 0.5) is 0 Å². The van der Waals surface area contributed by atoms with E-state index in [1.807, 2.05) is 0 Å². The van der Waals surface area contributed by atoms with Crippen LogP contribution in [-0.2, 0) is 13.0 Å². The van der Waals surface area contributed by atoms with Gasteiger partial charge in [0.25, 0.3) is 0 Å². The van der Waals surface area contributed by atoms with Crippen molar-refractivity contribution in [2.24, 2.45) is 0 Å². The van der Waals surface area contributed by atoms with Crippen molar-refractivity contribution in [2.75, 3.05) is 20.1 Å². The molecular formula is C14H24N2O. The first-order valence-corrected chi connectivity index (χ1v) is 6.77. The van der Waals surface area contributed by atoms with Gasteiger partial charge >= 0.3 is 0 Å². The molecule has 1 aromatic heterocycles. The van der Waals surface area contributed by atoms with Crippen molar-refractivity contribution in [3.05, 3.63) is 23.7 Å². The van der Waals surface area contributed by atoms with Gasteiger partial charge in [0.2, 0.25) is 0 Å². The van der Waals surface area contributed by atoms with E-state index in [1.54, 1.807) is 0 Å². The van der Waals surface area contributed by atoms with Gasteiger partial charge in [-0.15, -0.1) is 0 Å². The number of nitrogens with one attached hydrogen (secondary N) is 1. The summed E-state index contributed by atoms with van der Waals surface area (Å²) in [6.45, 7) is 5.33. The molecule has 0 saturated carbocycles. The Morgan fingerprint density at radius 1 is 1.35 bits per heavy atom. The highest BCUT2D eigenvalue weighted by Gasteiger charge is 2.15. The predicted molar refractivity (Wildman–Crippen MR) is 70.1 cm³/mol. The molecule has 1 fully saturated rings. The summed E-state index contributed by atoms with van der Waals surface area (Å²) in [5, 5.41) is 3.58. The summed E-state index contributed by atoms with van der Waals surface area (Å²) in [4.78, 5) is 2.35. The van der Waals surface area contributed by atoms with Crippen molar-refractivity contribution in [1.29, 1.82) is 0 Å². The van der Waals surface area contributed by atoms with Crippen LogP contribution < -0.4 is 5.32 Å². The van der Waals surface area contributed by atoms with Crippen LogP contribution in [0.15, 0.2) is 16.5 Å². The first-order valence-electron chi connectivity index (χ1n) is 6.77. The van der Waals surface area contributed by atoms with E-state index in [0.717, 1.165) is 31.0 Å².